The molecule has 1 unspecified atom stereocenters. The van der Waals surface area contributed by atoms with Crippen molar-refractivity contribution >= 4 is 11.8 Å². The van der Waals surface area contributed by atoms with Crippen LogP contribution in [0.1, 0.15) is 34.6 Å². The van der Waals surface area contributed by atoms with Gasteiger partial charge in [0.05, 0.1) is 17.2 Å². The average Bonchev–Trinajstić information content (AvgIpc) is 3.14. The molecule has 1 saturated heterocycles. The van der Waals surface area contributed by atoms with Crippen LogP contribution >= 0.6 is 0 Å². The number of aromatic nitrogens is 2. The number of halogens is 3. The van der Waals surface area contributed by atoms with Gasteiger partial charge >= 0.3 is 6.18 Å². The van der Waals surface area contributed by atoms with Gasteiger partial charge in [-0.25, -0.2) is 0 Å². The summed E-state index contributed by atoms with van der Waals surface area (Å²) in [4.78, 5) is 25.4. The van der Waals surface area contributed by atoms with Crippen LogP contribution in [0.2, 0.25) is 0 Å². The van der Waals surface area contributed by atoms with Gasteiger partial charge in [-0.1, -0.05) is 6.07 Å². The van der Waals surface area contributed by atoms with Crippen molar-refractivity contribution in [3.63, 3.8) is 0 Å². The fraction of sp³-hybridized carbons (Fsp3) is 0.389. The first-order chi connectivity index (χ1) is 13.2. The summed E-state index contributed by atoms with van der Waals surface area (Å²) in [5, 5.41) is 6.58. The van der Waals surface area contributed by atoms with Gasteiger partial charge in [-0.2, -0.15) is 18.3 Å². The number of hydrogen-bond donors (Lipinski definition) is 2. The lowest BCUT2D eigenvalue weighted by Gasteiger charge is -2.30. The Balaban J connectivity index is 1.61. The fourth-order valence-electron chi connectivity index (χ4n) is 3.02. The van der Waals surface area contributed by atoms with Crippen LogP contribution in [0.4, 0.5) is 13.2 Å². The molecule has 0 aliphatic carbocycles. The second-order valence-electron chi connectivity index (χ2n) is 6.59. The zero-order chi connectivity index (χ0) is 20.3. The van der Waals surface area contributed by atoms with Crippen LogP contribution < -0.4 is 10.5 Å². The van der Waals surface area contributed by atoms with Crippen LogP contribution in [0, 0.1) is 5.92 Å². The van der Waals surface area contributed by atoms with E-state index in [0.29, 0.717) is 25.1 Å². The number of H-pyrrole nitrogens is 1. The molecule has 7 nitrogen and oxygen atoms in total. The summed E-state index contributed by atoms with van der Waals surface area (Å²) in [6, 6.07) is 6.00. The van der Waals surface area contributed by atoms with Crippen molar-refractivity contribution < 1.29 is 27.5 Å². The average molecular weight is 396 g/mol. The molecular formula is C18H19F3N4O3. The van der Waals surface area contributed by atoms with Crippen molar-refractivity contribution in [1.29, 1.82) is 0 Å². The summed E-state index contributed by atoms with van der Waals surface area (Å²) < 4.78 is 43.6. The molecule has 1 aromatic heterocycles. The van der Waals surface area contributed by atoms with E-state index < -0.39 is 17.6 Å². The van der Waals surface area contributed by atoms with E-state index >= 15 is 0 Å². The highest BCUT2D eigenvalue weighted by atomic mass is 19.4. The summed E-state index contributed by atoms with van der Waals surface area (Å²) >= 11 is 0. The van der Waals surface area contributed by atoms with E-state index in [1.807, 2.05) is 0 Å². The lowest BCUT2D eigenvalue weighted by Crippen LogP contribution is -2.44. The Morgan fingerprint density at radius 1 is 1.32 bits per heavy atom. The van der Waals surface area contributed by atoms with E-state index in [0.717, 1.165) is 12.1 Å². The SMILES string of the molecule is NC(=O)C1CCCN(C(=O)c2cc(COc3cccc(C(F)(F)F)c3)[nH]n2)C1. The van der Waals surface area contributed by atoms with Gasteiger partial charge in [0.2, 0.25) is 5.91 Å². The minimum atomic E-state index is -4.45. The molecule has 2 aromatic rings. The molecule has 3 rings (SSSR count). The van der Waals surface area contributed by atoms with E-state index in [4.69, 9.17) is 10.5 Å². The molecule has 150 valence electrons. The highest BCUT2D eigenvalue weighted by Crippen LogP contribution is 2.31. The molecule has 1 aliphatic heterocycles. The fourth-order valence-corrected chi connectivity index (χ4v) is 3.02. The Bertz CT molecular complexity index is 866. The Morgan fingerprint density at radius 3 is 2.82 bits per heavy atom. The second kappa shape index (κ2) is 7.91. The molecule has 0 saturated carbocycles. The molecule has 10 heteroatoms. The number of benzene rings is 1. The number of rotatable bonds is 5. The lowest BCUT2D eigenvalue weighted by atomic mass is 9.97. The number of primary amides is 1. The van der Waals surface area contributed by atoms with Crippen LogP contribution in [-0.2, 0) is 17.6 Å². The number of carbonyl (C=O) groups excluding carboxylic acids is 2. The number of hydrogen-bond acceptors (Lipinski definition) is 4. The molecule has 2 amide bonds. The van der Waals surface area contributed by atoms with Gasteiger partial charge in [0.15, 0.2) is 5.69 Å². The minimum absolute atomic E-state index is 0.0534. The Morgan fingerprint density at radius 2 is 2.11 bits per heavy atom. The van der Waals surface area contributed by atoms with E-state index in [2.05, 4.69) is 10.2 Å². The Kier molecular flexibility index (Phi) is 5.57. The number of piperidine rings is 1. The summed E-state index contributed by atoms with van der Waals surface area (Å²) in [5.74, 6) is -1.10. The van der Waals surface area contributed by atoms with E-state index in [1.165, 1.54) is 23.1 Å². The first-order valence-corrected chi connectivity index (χ1v) is 8.67. The molecule has 1 aromatic carbocycles. The molecule has 0 radical (unpaired) electrons. The monoisotopic (exact) mass is 396 g/mol. The molecule has 1 aliphatic rings. The first kappa shape index (κ1) is 19.7. The summed E-state index contributed by atoms with van der Waals surface area (Å²) in [5.41, 5.74) is 5.09. The third-order valence-electron chi connectivity index (χ3n) is 4.52. The maximum absolute atomic E-state index is 12.7. The molecule has 28 heavy (non-hydrogen) atoms. The quantitative estimate of drug-likeness (QED) is 0.810. The van der Waals surface area contributed by atoms with Gasteiger partial charge in [-0.3, -0.25) is 14.7 Å². The smallest absolute Gasteiger partial charge is 0.416 e. The van der Waals surface area contributed by atoms with Crippen molar-refractivity contribution in [2.75, 3.05) is 13.1 Å². The molecule has 1 atom stereocenters. The van der Waals surface area contributed by atoms with Crippen molar-refractivity contribution in [3.8, 4) is 5.75 Å². The highest BCUT2D eigenvalue weighted by molar-refractivity contribution is 5.93. The maximum atomic E-state index is 12.7. The number of nitrogens with zero attached hydrogens (tertiary/aromatic N) is 2. The van der Waals surface area contributed by atoms with Crippen LogP contribution in [0.25, 0.3) is 0 Å². The van der Waals surface area contributed by atoms with Crippen LogP contribution in [0.5, 0.6) is 5.75 Å². The van der Waals surface area contributed by atoms with Gasteiger partial charge in [-0.05, 0) is 37.1 Å². The molecular weight excluding hydrogens is 377 g/mol. The molecule has 0 bridgehead atoms. The zero-order valence-corrected chi connectivity index (χ0v) is 14.8. The predicted molar refractivity (Wildman–Crippen MR) is 92.2 cm³/mol. The van der Waals surface area contributed by atoms with E-state index in [-0.39, 0.29) is 36.4 Å². The van der Waals surface area contributed by atoms with Crippen molar-refractivity contribution in [3.05, 3.63) is 47.3 Å². The molecule has 1 fully saturated rings. The molecule has 3 N–H and O–H groups in total. The Hall–Kier alpha value is -3.04. The highest BCUT2D eigenvalue weighted by Gasteiger charge is 2.31. The lowest BCUT2D eigenvalue weighted by molar-refractivity contribution is -0.137. The summed E-state index contributed by atoms with van der Waals surface area (Å²) in [6.45, 7) is 0.675. The number of nitrogens with one attached hydrogen (secondary N) is 1. The minimum Gasteiger partial charge on any atom is -0.487 e. The van der Waals surface area contributed by atoms with Crippen LogP contribution in [0.3, 0.4) is 0 Å². The normalized spacial score (nSPS) is 17.4. The number of carbonyl (C=O) groups is 2. The number of alkyl halides is 3. The third-order valence-corrected chi connectivity index (χ3v) is 4.52. The van der Waals surface area contributed by atoms with E-state index in [1.54, 1.807) is 0 Å². The topological polar surface area (TPSA) is 101 Å². The standard InChI is InChI=1S/C18H19F3N4O3/c19-18(20,21)12-4-1-5-14(7-12)28-10-13-8-15(24-23-13)17(27)25-6-2-3-11(9-25)16(22)26/h1,4-5,7-8,11H,2-3,6,9-10H2,(H2,22,26)(H,23,24). The van der Waals surface area contributed by atoms with Crippen LogP contribution in [0.15, 0.2) is 30.3 Å². The van der Waals surface area contributed by atoms with E-state index in [9.17, 15) is 22.8 Å². The summed E-state index contributed by atoms with van der Waals surface area (Å²) in [6.07, 6.45) is -3.13. The number of aromatic amines is 1. The van der Waals surface area contributed by atoms with Gasteiger partial charge in [0.25, 0.3) is 5.91 Å². The zero-order valence-electron chi connectivity index (χ0n) is 14.8. The van der Waals surface area contributed by atoms with Crippen molar-refractivity contribution in [1.82, 2.24) is 15.1 Å². The molecule has 0 spiro atoms. The number of nitrogens with two attached hydrogens (primary N) is 1. The maximum Gasteiger partial charge on any atom is 0.416 e. The first-order valence-electron chi connectivity index (χ1n) is 8.67. The van der Waals surface area contributed by atoms with Gasteiger partial charge in [-0.15, -0.1) is 0 Å². The molecule has 2 heterocycles. The third kappa shape index (κ3) is 4.62. The van der Waals surface area contributed by atoms with Gasteiger partial charge < -0.3 is 15.4 Å². The van der Waals surface area contributed by atoms with Gasteiger partial charge in [0.1, 0.15) is 12.4 Å². The van der Waals surface area contributed by atoms with Crippen LogP contribution in [-0.4, -0.2) is 40.0 Å². The number of amides is 2. The number of ether oxygens (including phenoxy) is 1. The predicted octanol–water partition coefficient (Wildman–Crippen LogP) is 2.34. The largest absolute Gasteiger partial charge is 0.487 e. The van der Waals surface area contributed by atoms with Crippen molar-refractivity contribution in [2.45, 2.75) is 25.6 Å². The Labute approximate surface area is 158 Å². The van der Waals surface area contributed by atoms with Crippen molar-refractivity contribution in [2.24, 2.45) is 11.7 Å². The summed E-state index contributed by atoms with van der Waals surface area (Å²) in [7, 11) is 0. The van der Waals surface area contributed by atoms with Gasteiger partial charge in [0, 0.05) is 13.1 Å². The second-order valence-corrected chi connectivity index (χ2v) is 6.59. The number of likely N-dealkylation sites (tertiary alicyclic amines) is 1.